The first-order valence-corrected chi connectivity index (χ1v) is 44.6. The summed E-state index contributed by atoms with van der Waals surface area (Å²) in [5.74, 6) is -0.494. The largest absolute Gasteiger partial charge is 0.472 e. The predicted molar refractivity (Wildman–Crippen MR) is 405 cm³/mol. The Morgan fingerprint density at radius 1 is 0.283 bits per heavy atom. The van der Waals surface area contributed by atoms with Crippen LogP contribution in [-0.4, -0.2) is 96.7 Å². The van der Waals surface area contributed by atoms with E-state index in [-0.39, 0.29) is 25.7 Å². The van der Waals surface area contributed by atoms with Crippen molar-refractivity contribution in [2.45, 2.75) is 439 Å². The van der Waals surface area contributed by atoms with Gasteiger partial charge in [-0.25, -0.2) is 9.13 Å². The van der Waals surface area contributed by atoms with Gasteiger partial charge in [0.2, 0.25) is 0 Å². The van der Waals surface area contributed by atoms with Gasteiger partial charge in [0, 0.05) is 25.7 Å². The summed E-state index contributed by atoms with van der Waals surface area (Å²) in [4.78, 5) is 73.0. The fourth-order valence-corrected chi connectivity index (χ4v) is 13.9. The van der Waals surface area contributed by atoms with Crippen LogP contribution in [0.15, 0.2) is 0 Å². The number of aliphatic hydroxyl groups excluding tert-OH is 1. The zero-order valence-corrected chi connectivity index (χ0v) is 66.6. The van der Waals surface area contributed by atoms with Crippen molar-refractivity contribution in [3.05, 3.63) is 0 Å². The number of rotatable bonds is 79. The maximum Gasteiger partial charge on any atom is 0.472 e. The Morgan fingerprint density at radius 2 is 0.485 bits per heavy atom. The van der Waals surface area contributed by atoms with Crippen molar-refractivity contribution in [2.24, 2.45) is 11.8 Å². The standard InChI is InChI=1S/C80H156O17P2/c1-7-11-13-15-17-19-21-23-24-25-26-30-34-38-45-51-57-63-78(83)90-68-75(96-79(84)64-58-52-46-39-35-31-28-27-29-32-36-42-48-54-60-72(5)9-3)70-94-98(86,87)92-66-74(81)67-93-99(88,89)95-71-76(97-80(85)65-59-53-47-41-40-43-49-55-61-73(6)10-4)69-91-77(82)62-56-50-44-37-33-22-20-18-16-14-12-8-2/h72-76,81H,7-71H2,1-6H3,(H,86,87)(H,88,89)/t72?,73?,74-,75-,76-/m1/s1. The molecule has 0 saturated carbocycles. The summed E-state index contributed by atoms with van der Waals surface area (Å²) in [6.45, 7) is 9.68. The number of carbonyl (C=O) groups excluding carboxylic acids is 4. The molecule has 7 atom stereocenters. The van der Waals surface area contributed by atoms with Crippen LogP contribution in [0.5, 0.6) is 0 Å². The van der Waals surface area contributed by atoms with Gasteiger partial charge >= 0.3 is 39.5 Å². The van der Waals surface area contributed by atoms with Gasteiger partial charge < -0.3 is 33.8 Å². The smallest absolute Gasteiger partial charge is 0.462 e. The van der Waals surface area contributed by atoms with Crippen molar-refractivity contribution < 1.29 is 80.2 Å². The van der Waals surface area contributed by atoms with E-state index in [1.807, 2.05) is 0 Å². The number of hydrogen-bond donors (Lipinski definition) is 3. The van der Waals surface area contributed by atoms with E-state index in [1.165, 1.54) is 238 Å². The summed E-state index contributed by atoms with van der Waals surface area (Å²) in [5.41, 5.74) is 0. The van der Waals surface area contributed by atoms with E-state index in [0.717, 1.165) is 102 Å². The van der Waals surface area contributed by atoms with Gasteiger partial charge in [-0.3, -0.25) is 37.3 Å². The molecule has 19 heteroatoms. The second-order valence-electron chi connectivity index (χ2n) is 29.3. The van der Waals surface area contributed by atoms with Gasteiger partial charge in [0.1, 0.15) is 19.3 Å². The van der Waals surface area contributed by atoms with E-state index < -0.39 is 97.5 Å². The number of hydrogen-bond acceptors (Lipinski definition) is 15. The molecular formula is C80H156O17P2. The number of ether oxygens (including phenoxy) is 4. The minimum Gasteiger partial charge on any atom is -0.462 e. The van der Waals surface area contributed by atoms with Gasteiger partial charge in [0.05, 0.1) is 26.4 Å². The lowest BCUT2D eigenvalue weighted by atomic mass is 9.99. The van der Waals surface area contributed by atoms with E-state index >= 15 is 0 Å². The molecule has 0 aliphatic carbocycles. The van der Waals surface area contributed by atoms with Gasteiger partial charge in [0.25, 0.3) is 0 Å². The second kappa shape index (κ2) is 71.7. The zero-order valence-electron chi connectivity index (χ0n) is 64.8. The maximum atomic E-state index is 13.1. The molecule has 0 fully saturated rings. The van der Waals surface area contributed by atoms with E-state index in [2.05, 4.69) is 41.5 Å². The molecule has 0 aromatic carbocycles. The fraction of sp³-hybridized carbons (Fsp3) is 0.950. The van der Waals surface area contributed by atoms with Gasteiger partial charge in [-0.2, -0.15) is 0 Å². The summed E-state index contributed by atoms with van der Waals surface area (Å²) in [5, 5.41) is 10.6. The van der Waals surface area contributed by atoms with Crippen LogP contribution in [0.3, 0.4) is 0 Å². The fourth-order valence-electron chi connectivity index (χ4n) is 12.3. The number of carbonyl (C=O) groups is 4. The highest BCUT2D eigenvalue weighted by Gasteiger charge is 2.30. The maximum absolute atomic E-state index is 13.1. The zero-order chi connectivity index (χ0) is 72.8. The molecule has 3 N–H and O–H groups in total. The lowest BCUT2D eigenvalue weighted by Gasteiger charge is -2.21. The molecule has 588 valence electrons. The Kier molecular flexibility index (Phi) is 70.3. The molecule has 0 heterocycles. The van der Waals surface area contributed by atoms with E-state index in [9.17, 15) is 43.2 Å². The average Bonchev–Trinajstić information content (AvgIpc) is 1.02. The van der Waals surface area contributed by atoms with Crippen LogP contribution in [0.1, 0.15) is 420 Å². The van der Waals surface area contributed by atoms with Gasteiger partial charge in [-0.15, -0.1) is 0 Å². The topological polar surface area (TPSA) is 237 Å². The van der Waals surface area contributed by atoms with Crippen LogP contribution >= 0.6 is 15.6 Å². The number of aliphatic hydroxyl groups is 1. The molecule has 0 spiro atoms. The number of phosphoric acid groups is 2. The number of unbranched alkanes of at least 4 members (excludes halogenated alkanes) is 47. The van der Waals surface area contributed by atoms with Crippen molar-refractivity contribution in [1.29, 1.82) is 0 Å². The Hall–Kier alpha value is -1.94. The van der Waals surface area contributed by atoms with Crippen molar-refractivity contribution in [1.82, 2.24) is 0 Å². The quantitative estimate of drug-likeness (QED) is 0.0222. The molecule has 0 amide bonds. The third kappa shape index (κ3) is 71.5. The van der Waals surface area contributed by atoms with Gasteiger partial charge in [-0.1, -0.05) is 369 Å². The number of phosphoric ester groups is 2. The molecule has 0 aromatic rings. The van der Waals surface area contributed by atoms with Crippen LogP contribution in [0, 0.1) is 11.8 Å². The average molecular weight is 1450 g/mol. The first-order valence-electron chi connectivity index (χ1n) is 41.6. The van der Waals surface area contributed by atoms with Crippen LogP contribution in [0.25, 0.3) is 0 Å². The molecule has 4 unspecified atom stereocenters. The minimum atomic E-state index is -4.96. The second-order valence-corrected chi connectivity index (χ2v) is 32.2. The molecule has 0 aliphatic heterocycles. The Bertz CT molecular complexity index is 1910. The summed E-state index contributed by atoms with van der Waals surface area (Å²) in [7, 11) is -9.92. The highest BCUT2D eigenvalue weighted by molar-refractivity contribution is 7.47. The molecule has 0 aromatic heterocycles. The first-order chi connectivity index (χ1) is 47.9. The molecule has 0 rings (SSSR count). The third-order valence-electron chi connectivity index (χ3n) is 19.4. The molecule has 99 heavy (non-hydrogen) atoms. The van der Waals surface area contributed by atoms with Gasteiger partial charge in [0.15, 0.2) is 12.2 Å². The molecular weight excluding hydrogens is 1290 g/mol. The van der Waals surface area contributed by atoms with E-state index in [1.54, 1.807) is 0 Å². The minimum absolute atomic E-state index is 0.106. The van der Waals surface area contributed by atoms with Crippen molar-refractivity contribution in [3.8, 4) is 0 Å². The number of esters is 4. The van der Waals surface area contributed by atoms with Crippen LogP contribution < -0.4 is 0 Å². The molecule has 0 radical (unpaired) electrons. The molecule has 0 aliphatic rings. The van der Waals surface area contributed by atoms with Crippen LogP contribution in [-0.2, 0) is 65.4 Å². The Labute approximate surface area is 607 Å². The summed E-state index contributed by atoms with van der Waals surface area (Å²) < 4.78 is 68.7. The van der Waals surface area contributed by atoms with Crippen molar-refractivity contribution in [2.75, 3.05) is 39.6 Å². The molecule has 0 saturated heterocycles. The van der Waals surface area contributed by atoms with Crippen LogP contribution in [0.4, 0.5) is 0 Å². The summed E-state index contributed by atoms with van der Waals surface area (Å²) in [6, 6.07) is 0. The van der Waals surface area contributed by atoms with E-state index in [4.69, 9.17) is 37.0 Å². The lowest BCUT2D eigenvalue weighted by Crippen LogP contribution is -2.30. The lowest BCUT2D eigenvalue weighted by molar-refractivity contribution is -0.161. The summed E-state index contributed by atoms with van der Waals surface area (Å²) >= 11 is 0. The predicted octanol–water partition coefficient (Wildman–Crippen LogP) is 23.9. The molecule has 17 nitrogen and oxygen atoms in total. The Morgan fingerprint density at radius 3 is 0.717 bits per heavy atom. The monoisotopic (exact) mass is 1450 g/mol. The normalized spacial score (nSPS) is 14.5. The highest BCUT2D eigenvalue weighted by Crippen LogP contribution is 2.45. The first kappa shape index (κ1) is 97.1. The third-order valence-corrected chi connectivity index (χ3v) is 21.3. The SMILES string of the molecule is CCCCCCCCCCCCCCCCCCCC(=O)OC[C@H](COP(=O)(O)OC[C@@H](O)COP(=O)(O)OC[C@@H](COC(=O)CCCCCCCCCCCCCC)OC(=O)CCCCCCCCCCC(C)CC)OC(=O)CCCCCCCCCCCCCCCCC(C)CC. The highest BCUT2D eigenvalue weighted by atomic mass is 31.2. The van der Waals surface area contributed by atoms with Crippen LogP contribution in [0.2, 0.25) is 0 Å². The van der Waals surface area contributed by atoms with Gasteiger partial charge in [-0.05, 0) is 37.5 Å². The van der Waals surface area contributed by atoms with Crippen molar-refractivity contribution >= 4 is 39.5 Å². The Balaban J connectivity index is 5.26. The van der Waals surface area contributed by atoms with Crippen molar-refractivity contribution in [3.63, 3.8) is 0 Å². The molecule has 0 bridgehead atoms. The van der Waals surface area contributed by atoms with E-state index in [0.29, 0.717) is 25.7 Å². The summed E-state index contributed by atoms with van der Waals surface area (Å²) in [6.07, 6.45) is 60.8.